The van der Waals surface area contributed by atoms with Crippen LogP contribution in [0.2, 0.25) is 10.0 Å². The molecule has 0 unspecified atom stereocenters. The van der Waals surface area contributed by atoms with Crippen LogP contribution in [0.5, 0.6) is 0 Å². The lowest BCUT2D eigenvalue weighted by atomic mass is 10.2. The summed E-state index contributed by atoms with van der Waals surface area (Å²) in [4.78, 5) is 11.2. The van der Waals surface area contributed by atoms with E-state index in [4.69, 9.17) is 28.3 Å². The number of nitrogens with two attached hydrogens (primary N) is 1. The second-order valence-corrected chi connectivity index (χ2v) is 6.22. The van der Waals surface area contributed by atoms with Crippen LogP contribution in [0, 0.1) is 0 Å². The fourth-order valence-corrected chi connectivity index (χ4v) is 2.84. The van der Waals surface area contributed by atoms with E-state index >= 15 is 0 Å². The van der Waals surface area contributed by atoms with Gasteiger partial charge in [-0.25, -0.2) is 13.6 Å². The molecule has 1 aromatic carbocycles. The number of sulfonamides is 1. The molecule has 0 fully saturated rings. The standard InChI is InChI=1S/C10H9Cl2F3N2O3S/c11-5-1-2-6(21(16,19)20)8(12)7(5)9(18)17-4-3-10(13,14)15/h1-2H,3-4H2,(H,17,18)(H2,16,19,20). The Morgan fingerprint density at radius 1 is 1.29 bits per heavy atom. The summed E-state index contributed by atoms with van der Waals surface area (Å²) in [7, 11) is -4.20. The maximum Gasteiger partial charge on any atom is 0.390 e. The summed E-state index contributed by atoms with van der Waals surface area (Å²) in [5.74, 6) is -1.03. The van der Waals surface area contributed by atoms with E-state index in [1.54, 1.807) is 0 Å². The van der Waals surface area contributed by atoms with Gasteiger partial charge in [-0.2, -0.15) is 13.2 Å². The first kappa shape index (κ1) is 18.0. The zero-order valence-corrected chi connectivity index (χ0v) is 12.5. The Bertz CT molecular complexity index is 662. The van der Waals surface area contributed by atoms with Gasteiger partial charge in [0.05, 0.1) is 22.0 Å². The van der Waals surface area contributed by atoms with Gasteiger partial charge in [-0.15, -0.1) is 0 Å². The van der Waals surface area contributed by atoms with Crippen molar-refractivity contribution in [2.24, 2.45) is 5.14 Å². The summed E-state index contributed by atoms with van der Waals surface area (Å²) in [6.45, 7) is -0.700. The minimum atomic E-state index is -4.44. The number of nitrogens with one attached hydrogen (secondary N) is 1. The Balaban J connectivity index is 3.05. The van der Waals surface area contributed by atoms with Crippen molar-refractivity contribution >= 4 is 39.1 Å². The summed E-state index contributed by atoms with van der Waals surface area (Å²) in [6, 6.07) is 2.05. The molecular weight excluding hydrogens is 356 g/mol. The normalized spacial score (nSPS) is 12.3. The molecule has 0 bridgehead atoms. The average Bonchev–Trinajstić information content (AvgIpc) is 2.25. The highest BCUT2D eigenvalue weighted by molar-refractivity contribution is 7.89. The monoisotopic (exact) mass is 364 g/mol. The molecule has 0 radical (unpaired) electrons. The molecule has 0 spiro atoms. The van der Waals surface area contributed by atoms with Gasteiger partial charge in [0.25, 0.3) is 5.91 Å². The van der Waals surface area contributed by atoms with E-state index in [9.17, 15) is 26.4 Å². The fraction of sp³-hybridized carbons (Fsp3) is 0.300. The van der Waals surface area contributed by atoms with Gasteiger partial charge in [-0.1, -0.05) is 23.2 Å². The van der Waals surface area contributed by atoms with Crippen molar-refractivity contribution in [1.82, 2.24) is 5.32 Å². The Morgan fingerprint density at radius 2 is 1.86 bits per heavy atom. The summed E-state index contributed by atoms with van der Waals surface area (Å²) >= 11 is 11.4. The van der Waals surface area contributed by atoms with Crippen LogP contribution in [0.4, 0.5) is 13.2 Å². The van der Waals surface area contributed by atoms with Gasteiger partial charge >= 0.3 is 6.18 Å². The molecule has 0 saturated carbocycles. The SMILES string of the molecule is NS(=O)(=O)c1ccc(Cl)c(C(=O)NCCC(F)(F)F)c1Cl. The number of rotatable bonds is 4. The van der Waals surface area contributed by atoms with Crippen LogP contribution in [0.15, 0.2) is 17.0 Å². The van der Waals surface area contributed by atoms with Gasteiger partial charge in [-0.3, -0.25) is 4.79 Å². The molecule has 21 heavy (non-hydrogen) atoms. The molecule has 3 N–H and O–H groups in total. The maximum absolute atomic E-state index is 12.0. The van der Waals surface area contributed by atoms with Gasteiger partial charge in [0.15, 0.2) is 0 Å². The van der Waals surface area contributed by atoms with Crippen molar-refractivity contribution in [1.29, 1.82) is 0 Å². The Hall–Kier alpha value is -1.03. The highest BCUT2D eigenvalue weighted by atomic mass is 35.5. The minimum Gasteiger partial charge on any atom is -0.352 e. The molecule has 0 aliphatic carbocycles. The van der Waals surface area contributed by atoms with Crippen LogP contribution in [-0.4, -0.2) is 27.0 Å². The van der Waals surface area contributed by atoms with E-state index < -0.39 is 50.6 Å². The predicted molar refractivity (Wildman–Crippen MR) is 70.8 cm³/mol. The fourth-order valence-electron chi connectivity index (χ4n) is 1.37. The first-order valence-electron chi connectivity index (χ1n) is 5.29. The Morgan fingerprint density at radius 3 is 2.33 bits per heavy atom. The van der Waals surface area contributed by atoms with Crippen molar-refractivity contribution in [3.05, 3.63) is 27.7 Å². The van der Waals surface area contributed by atoms with E-state index in [1.807, 2.05) is 5.32 Å². The molecular formula is C10H9Cl2F3N2O3S. The van der Waals surface area contributed by atoms with Crippen LogP contribution in [-0.2, 0) is 10.0 Å². The summed E-state index contributed by atoms with van der Waals surface area (Å²) in [5.41, 5.74) is -0.452. The topological polar surface area (TPSA) is 89.3 Å². The largest absolute Gasteiger partial charge is 0.390 e. The predicted octanol–water partition coefficient (Wildman–Crippen LogP) is 2.32. The van der Waals surface area contributed by atoms with Crippen LogP contribution >= 0.6 is 23.2 Å². The summed E-state index contributed by atoms with van der Waals surface area (Å²) in [6.07, 6.45) is -5.69. The molecule has 0 atom stereocenters. The molecule has 0 aromatic heterocycles. The van der Waals surface area contributed by atoms with Crippen molar-refractivity contribution in [3.8, 4) is 0 Å². The van der Waals surface area contributed by atoms with E-state index in [0.717, 1.165) is 12.1 Å². The smallest absolute Gasteiger partial charge is 0.352 e. The number of primary sulfonamides is 1. The van der Waals surface area contributed by atoms with Crippen LogP contribution in [0.25, 0.3) is 0 Å². The minimum absolute atomic E-state index is 0.211. The quantitative estimate of drug-likeness (QED) is 0.858. The van der Waals surface area contributed by atoms with Crippen LogP contribution < -0.4 is 10.5 Å². The van der Waals surface area contributed by atoms with Gasteiger partial charge in [0.2, 0.25) is 10.0 Å². The lowest BCUT2D eigenvalue weighted by molar-refractivity contribution is -0.132. The highest BCUT2D eigenvalue weighted by Gasteiger charge is 2.28. The number of amides is 1. The van der Waals surface area contributed by atoms with Gasteiger partial charge < -0.3 is 5.32 Å². The highest BCUT2D eigenvalue weighted by Crippen LogP contribution is 2.30. The third-order valence-corrected chi connectivity index (χ3v) is 4.06. The third kappa shape index (κ3) is 5.03. The second-order valence-electron chi connectivity index (χ2n) is 3.90. The number of halogens is 5. The van der Waals surface area contributed by atoms with Crippen LogP contribution in [0.1, 0.15) is 16.8 Å². The number of hydrogen-bond acceptors (Lipinski definition) is 3. The number of hydrogen-bond donors (Lipinski definition) is 2. The molecule has 1 rings (SSSR count). The molecule has 1 aromatic rings. The van der Waals surface area contributed by atoms with Crippen molar-refractivity contribution in [2.75, 3.05) is 6.54 Å². The molecule has 5 nitrogen and oxygen atoms in total. The molecule has 0 aliphatic heterocycles. The molecule has 1 amide bonds. The van der Waals surface area contributed by atoms with Crippen molar-refractivity contribution in [2.45, 2.75) is 17.5 Å². The van der Waals surface area contributed by atoms with E-state index in [1.165, 1.54) is 0 Å². The number of carbonyl (C=O) groups excluding carboxylic acids is 1. The molecule has 0 aliphatic rings. The zero-order chi connectivity index (χ0) is 16.4. The van der Waals surface area contributed by atoms with E-state index in [0.29, 0.717) is 0 Å². The Kier molecular flexibility index (Phi) is 5.48. The molecule has 11 heteroatoms. The molecule has 0 saturated heterocycles. The summed E-state index contributed by atoms with van der Waals surface area (Å²) < 4.78 is 58.5. The van der Waals surface area contributed by atoms with E-state index in [2.05, 4.69) is 0 Å². The number of alkyl halides is 3. The van der Waals surface area contributed by atoms with Gasteiger partial charge in [0.1, 0.15) is 4.90 Å². The summed E-state index contributed by atoms with van der Waals surface area (Å²) in [5, 5.41) is 6.09. The zero-order valence-electron chi connectivity index (χ0n) is 10.2. The van der Waals surface area contributed by atoms with Crippen molar-refractivity contribution in [3.63, 3.8) is 0 Å². The van der Waals surface area contributed by atoms with E-state index in [-0.39, 0.29) is 5.02 Å². The van der Waals surface area contributed by atoms with Gasteiger partial charge in [-0.05, 0) is 12.1 Å². The molecule has 118 valence electrons. The first-order chi connectivity index (χ1) is 9.43. The Labute approximate surface area is 128 Å². The van der Waals surface area contributed by atoms with Crippen molar-refractivity contribution < 1.29 is 26.4 Å². The lowest BCUT2D eigenvalue weighted by Crippen LogP contribution is -2.28. The average molecular weight is 365 g/mol. The number of benzene rings is 1. The van der Waals surface area contributed by atoms with Crippen LogP contribution in [0.3, 0.4) is 0 Å². The maximum atomic E-state index is 12.0. The third-order valence-electron chi connectivity index (χ3n) is 2.28. The second kappa shape index (κ2) is 6.39. The number of carbonyl (C=O) groups is 1. The lowest BCUT2D eigenvalue weighted by Gasteiger charge is -2.11. The first-order valence-corrected chi connectivity index (χ1v) is 7.59. The van der Waals surface area contributed by atoms with Gasteiger partial charge in [0, 0.05) is 6.54 Å². The molecule has 0 heterocycles.